The predicted octanol–water partition coefficient (Wildman–Crippen LogP) is 0.639. The first kappa shape index (κ1) is 12.4. The van der Waals surface area contributed by atoms with E-state index in [2.05, 4.69) is 5.92 Å². The summed E-state index contributed by atoms with van der Waals surface area (Å²) in [4.78, 5) is 0. The van der Waals surface area contributed by atoms with Crippen molar-refractivity contribution >= 4 is 0 Å². The zero-order valence-electron chi connectivity index (χ0n) is 7.63. The van der Waals surface area contributed by atoms with Gasteiger partial charge >= 0.3 is 0 Å². The summed E-state index contributed by atoms with van der Waals surface area (Å²) >= 11 is 0. The molecule has 0 heterocycles. The van der Waals surface area contributed by atoms with Crippen LogP contribution in [0, 0.1) is 12.3 Å². The second-order valence-electron chi connectivity index (χ2n) is 2.17. The van der Waals surface area contributed by atoms with Crippen molar-refractivity contribution in [1.29, 1.82) is 0 Å². The highest BCUT2D eigenvalue weighted by Gasteiger charge is 1.89. The van der Waals surface area contributed by atoms with Gasteiger partial charge in [0.1, 0.15) is 13.3 Å². The highest BCUT2D eigenvalue weighted by atomic mass is 18.2. The lowest BCUT2D eigenvalue weighted by atomic mass is 10.7. The number of halogens is 1. The first-order valence-corrected chi connectivity index (χ1v) is 4.14. The van der Waals surface area contributed by atoms with Crippen LogP contribution in [0.25, 0.3) is 0 Å². The van der Waals surface area contributed by atoms with E-state index in [0.29, 0.717) is 33.0 Å². The second-order valence-corrected chi connectivity index (χ2v) is 2.17. The summed E-state index contributed by atoms with van der Waals surface area (Å²) in [6.07, 6.45) is 4.95. The van der Waals surface area contributed by atoms with Gasteiger partial charge in [-0.3, -0.25) is 0 Å². The molecule has 0 aliphatic heterocycles. The maximum atomic E-state index is 11.5. The molecule has 0 rings (SSSR count). The van der Waals surface area contributed by atoms with Crippen molar-refractivity contribution in [3.05, 3.63) is 0 Å². The first-order valence-electron chi connectivity index (χ1n) is 4.14. The summed E-state index contributed by atoms with van der Waals surface area (Å²) in [7, 11) is 0. The molecule has 0 saturated carbocycles. The molecule has 0 unspecified atom stereocenters. The number of hydrogen-bond acceptors (Lipinski definition) is 3. The van der Waals surface area contributed by atoms with Crippen LogP contribution in [-0.4, -0.2) is 46.3 Å². The van der Waals surface area contributed by atoms with Crippen LogP contribution in [0.3, 0.4) is 0 Å². The Morgan fingerprint density at radius 1 is 0.923 bits per heavy atom. The lowest BCUT2D eigenvalue weighted by Crippen LogP contribution is -2.10. The van der Waals surface area contributed by atoms with Gasteiger partial charge in [0.05, 0.1) is 33.0 Å². The van der Waals surface area contributed by atoms with Crippen LogP contribution < -0.4 is 0 Å². The van der Waals surface area contributed by atoms with Crippen molar-refractivity contribution in [3.63, 3.8) is 0 Å². The largest absolute Gasteiger partial charge is 0.377 e. The average molecular weight is 189 g/mol. The van der Waals surface area contributed by atoms with Gasteiger partial charge in [0, 0.05) is 0 Å². The summed E-state index contributed by atoms with van der Waals surface area (Å²) in [6.45, 7) is 1.83. The zero-order chi connectivity index (χ0) is 9.78. The molecule has 0 aromatic heterocycles. The van der Waals surface area contributed by atoms with E-state index in [9.17, 15) is 4.39 Å². The zero-order valence-corrected chi connectivity index (χ0v) is 7.63. The molecule has 0 radical (unpaired) electrons. The molecule has 0 saturated heterocycles. The summed E-state index contributed by atoms with van der Waals surface area (Å²) in [5, 5.41) is 0. The maximum Gasteiger partial charge on any atom is 0.113 e. The smallest absolute Gasteiger partial charge is 0.113 e. The minimum absolute atomic E-state index is 0.136. The van der Waals surface area contributed by atoms with Crippen molar-refractivity contribution in [1.82, 2.24) is 0 Å². The molecule has 0 bridgehead atoms. The van der Waals surface area contributed by atoms with Gasteiger partial charge in [-0.2, -0.15) is 0 Å². The number of rotatable bonds is 9. The minimum atomic E-state index is -0.453. The van der Waals surface area contributed by atoms with Crippen molar-refractivity contribution in [2.75, 3.05) is 46.3 Å². The van der Waals surface area contributed by atoms with E-state index in [4.69, 9.17) is 20.6 Å². The van der Waals surface area contributed by atoms with E-state index in [1.54, 1.807) is 0 Å². The number of alkyl halides is 1. The molecule has 0 N–H and O–H groups in total. The third-order valence-corrected chi connectivity index (χ3v) is 1.15. The summed E-state index contributed by atoms with van der Waals surface area (Å²) < 4.78 is 26.4. The molecule has 13 heavy (non-hydrogen) atoms. The van der Waals surface area contributed by atoms with Crippen molar-refractivity contribution in [3.8, 4) is 12.3 Å². The van der Waals surface area contributed by atoms with Gasteiger partial charge in [-0.1, -0.05) is 5.92 Å². The topological polar surface area (TPSA) is 27.7 Å². The van der Waals surface area contributed by atoms with Crippen molar-refractivity contribution < 1.29 is 18.6 Å². The Labute approximate surface area is 78.2 Å². The first-order chi connectivity index (χ1) is 6.41. The number of hydrogen-bond donors (Lipinski definition) is 0. The number of ether oxygens (including phenoxy) is 3. The van der Waals surface area contributed by atoms with Gasteiger partial charge in [-0.15, -0.1) is 6.42 Å². The fourth-order valence-electron chi connectivity index (χ4n) is 0.625. The van der Waals surface area contributed by atoms with Gasteiger partial charge in [-0.05, 0) is 0 Å². The molecule has 0 atom stereocenters. The average Bonchev–Trinajstić information content (AvgIpc) is 2.16. The molecule has 3 nitrogen and oxygen atoms in total. The van der Waals surface area contributed by atoms with Gasteiger partial charge in [-0.25, -0.2) is 4.39 Å². The van der Waals surface area contributed by atoms with E-state index in [1.165, 1.54) is 0 Å². The molecule has 76 valence electrons. The minimum Gasteiger partial charge on any atom is -0.377 e. The molecule has 4 heteroatoms. The third kappa shape index (κ3) is 11.4. The van der Waals surface area contributed by atoms with Gasteiger partial charge in [0.15, 0.2) is 0 Å². The molecule has 0 aliphatic rings. The third-order valence-electron chi connectivity index (χ3n) is 1.15. The lowest BCUT2D eigenvalue weighted by molar-refractivity contribution is 0.0177. The lowest BCUT2D eigenvalue weighted by Gasteiger charge is -2.03. The fraction of sp³-hybridized carbons (Fsp3) is 0.778. The predicted molar refractivity (Wildman–Crippen MR) is 47.3 cm³/mol. The molecular formula is C9H15FO3. The SMILES string of the molecule is C#CCOCCOCCOCC[18F]. The molecule has 0 amide bonds. The van der Waals surface area contributed by atoms with Crippen LogP contribution in [0.1, 0.15) is 0 Å². The quantitative estimate of drug-likeness (QED) is 0.393. The molecule has 0 aliphatic carbocycles. The van der Waals surface area contributed by atoms with Crippen LogP contribution >= 0.6 is 0 Å². The standard InChI is InChI=1S/C9H15FO3/c1-2-4-11-6-8-13-9-7-12-5-3-10/h1H,3-9H2/i10-1. The van der Waals surface area contributed by atoms with Crippen LogP contribution in [0.2, 0.25) is 0 Å². The Morgan fingerprint density at radius 2 is 1.46 bits per heavy atom. The maximum absolute atomic E-state index is 11.5. The van der Waals surface area contributed by atoms with E-state index < -0.39 is 6.67 Å². The molecule has 0 aromatic rings. The molecule has 0 aromatic carbocycles. The van der Waals surface area contributed by atoms with Crippen LogP contribution in [0.15, 0.2) is 0 Å². The second kappa shape index (κ2) is 11.4. The molecule has 0 fully saturated rings. The van der Waals surface area contributed by atoms with Gasteiger partial charge < -0.3 is 14.2 Å². The van der Waals surface area contributed by atoms with E-state index in [-0.39, 0.29) is 6.61 Å². The van der Waals surface area contributed by atoms with E-state index in [0.717, 1.165) is 0 Å². The van der Waals surface area contributed by atoms with Crippen molar-refractivity contribution in [2.24, 2.45) is 0 Å². The Balaban J connectivity index is 2.80. The highest BCUT2D eigenvalue weighted by molar-refractivity contribution is 4.82. The Bertz CT molecular complexity index is 133. The summed E-state index contributed by atoms with van der Waals surface area (Å²) in [5.74, 6) is 2.34. The van der Waals surface area contributed by atoms with Crippen LogP contribution in [0.4, 0.5) is 4.39 Å². The Morgan fingerprint density at radius 3 is 2.00 bits per heavy atom. The monoisotopic (exact) mass is 189 g/mol. The van der Waals surface area contributed by atoms with E-state index in [1.807, 2.05) is 0 Å². The molecule has 0 spiro atoms. The summed E-state index contributed by atoms with van der Waals surface area (Å²) in [6, 6.07) is 0. The van der Waals surface area contributed by atoms with Crippen LogP contribution in [0.5, 0.6) is 0 Å². The van der Waals surface area contributed by atoms with Crippen molar-refractivity contribution in [2.45, 2.75) is 0 Å². The number of terminal acetylenes is 1. The molecular weight excluding hydrogens is 174 g/mol. The highest BCUT2D eigenvalue weighted by Crippen LogP contribution is 1.80. The fourth-order valence-corrected chi connectivity index (χ4v) is 0.625. The Kier molecular flexibility index (Phi) is 10.8. The van der Waals surface area contributed by atoms with Gasteiger partial charge in [0.2, 0.25) is 0 Å². The summed E-state index contributed by atoms with van der Waals surface area (Å²) in [5.41, 5.74) is 0. The van der Waals surface area contributed by atoms with Gasteiger partial charge in [0.25, 0.3) is 0 Å². The van der Waals surface area contributed by atoms with Crippen LogP contribution in [-0.2, 0) is 14.2 Å². The van der Waals surface area contributed by atoms with E-state index >= 15 is 0 Å². The normalized spacial score (nSPS) is 9.85. The Hall–Kier alpha value is -0.630.